The second kappa shape index (κ2) is 10.9. The van der Waals surface area contributed by atoms with Crippen LogP contribution < -0.4 is 14.8 Å². The van der Waals surface area contributed by atoms with Gasteiger partial charge in [0, 0.05) is 23.0 Å². The summed E-state index contributed by atoms with van der Waals surface area (Å²) in [7, 11) is 1.49. The van der Waals surface area contributed by atoms with Gasteiger partial charge in [-0.1, -0.05) is 22.9 Å². The highest BCUT2D eigenvalue weighted by atomic mass is 35.5. The molecule has 15 heteroatoms. The summed E-state index contributed by atoms with van der Waals surface area (Å²) in [4.78, 5) is 45.2. The average molecular weight is 605 g/mol. The third-order valence-electron chi connectivity index (χ3n) is 6.08. The minimum absolute atomic E-state index is 0.00856. The van der Waals surface area contributed by atoms with E-state index >= 15 is 0 Å². The lowest BCUT2D eigenvalue weighted by molar-refractivity contribution is -0.274. The molecule has 0 spiro atoms. The Morgan fingerprint density at radius 1 is 1.05 bits per heavy atom. The highest BCUT2D eigenvalue weighted by molar-refractivity contribution is 7.16. The lowest BCUT2D eigenvalue weighted by Crippen LogP contribution is -2.27. The number of aryl methyl sites for hydroxylation is 2. The van der Waals surface area contributed by atoms with Crippen molar-refractivity contribution in [2.24, 2.45) is 0 Å². The van der Waals surface area contributed by atoms with E-state index in [9.17, 15) is 22.8 Å². The zero-order chi connectivity index (χ0) is 29.5. The maximum absolute atomic E-state index is 13.3. The van der Waals surface area contributed by atoms with Gasteiger partial charge in [0.2, 0.25) is 0 Å². The number of halogens is 4. The first kappa shape index (κ1) is 28.2. The summed E-state index contributed by atoms with van der Waals surface area (Å²) in [6.07, 6.45) is -1.08. The van der Waals surface area contributed by atoms with Gasteiger partial charge in [-0.05, 0) is 37.6 Å². The maximum atomic E-state index is 13.3. The smallest absolute Gasteiger partial charge is 0.494 e. The normalized spacial score (nSPS) is 12.7. The van der Waals surface area contributed by atoms with Gasteiger partial charge in [-0.15, -0.1) is 13.2 Å². The molecule has 0 unspecified atom stereocenters. The van der Waals surface area contributed by atoms with E-state index in [1.165, 1.54) is 42.7 Å². The molecule has 5 heterocycles. The number of carbonyl (C=O) groups is 2. The van der Waals surface area contributed by atoms with Crippen molar-refractivity contribution in [2.75, 3.05) is 12.4 Å². The molecule has 5 rings (SSSR count). The molecule has 1 aliphatic heterocycles. The Hall–Kier alpha value is -4.30. The third kappa shape index (κ3) is 6.07. The summed E-state index contributed by atoms with van der Waals surface area (Å²) in [5, 5.41) is 3.36. The Morgan fingerprint density at radius 3 is 2.51 bits per heavy atom. The van der Waals surface area contributed by atoms with Gasteiger partial charge < -0.3 is 14.4 Å². The van der Waals surface area contributed by atoms with E-state index in [2.05, 4.69) is 30.0 Å². The molecule has 41 heavy (non-hydrogen) atoms. The molecule has 0 bridgehead atoms. The fraction of sp³-hybridized carbons (Fsp3) is 0.231. The van der Waals surface area contributed by atoms with Crippen LogP contribution in [0, 0.1) is 13.8 Å². The first-order chi connectivity index (χ1) is 19.4. The molecular weight excluding hydrogens is 585 g/mol. The number of thiazole rings is 1. The zero-order valence-corrected chi connectivity index (χ0v) is 23.2. The molecule has 212 valence electrons. The monoisotopic (exact) mass is 604 g/mol. The van der Waals surface area contributed by atoms with Crippen molar-refractivity contribution in [1.82, 2.24) is 24.8 Å². The number of nitrogens with one attached hydrogen (secondary N) is 1. The molecule has 0 aromatic carbocycles. The van der Waals surface area contributed by atoms with E-state index in [1.807, 2.05) is 0 Å². The fourth-order valence-electron chi connectivity index (χ4n) is 4.27. The fourth-order valence-corrected chi connectivity index (χ4v) is 5.41. The van der Waals surface area contributed by atoms with Crippen LogP contribution in [-0.4, -0.2) is 50.1 Å². The summed E-state index contributed by atoms with van der Waals surface area (Å²) < 4.78 is 46.7. The van der Waals surface area contributed by atoms with Crippen LogP contribution in [0.5, 0.6) is 11.5 Å². The second-order valence-electron chi connectivity index (χ2n) is 8.97. The first-order valence-electron chi connectivity index (χ1n) is 11.9. The number of hydrogen-bond acceptors (Lipinski definition) is 9. The van der Waals surface area contributed by atoms with Gasteiger partial charge in [0.25, 0.3) is 11.8 Å². The third-order valence-corrected chi connectivity index (χ3v) is 7.28. The van der Waals surface area contributed by atoms with Crippen molar-refractivity contribution < 1.29 is 32.2 Å². The Morgan fingerprint density at radius 2 is 1.83 bits per heavy atom. The number of pyridine rings is 3. The zero-order valence-electron chi connectivity index (χ0n) is 21.7. The van der Waals surface area contributed by atoms with Gasteiger partial charge in [-0.25, -0.2) is 15.0 Å². The SMILES string of the molecule is COc1cnc(Cl)cc1-c1cc(C)ncc1C(=O)Nc1nc2c(s1)CN(C(=O)c1ncc(OC(F)(F)F)cc1C)C2. The molecule has 0 radical (unpaired) electrons. The number of alkyl halides is 3. The van der Waals surface area contributed by atoms with Gasteiger partial charge in [-0.3, -0.25) is 19.9 Å². The van der Waals surface area contributed by atoms with Crippen LogP contribution in [0.2, 0.25) is 5.15 Å². The molecule has 4 aromatic rings. The van der Waals surface area contributed by atoms with Gasteiger partial charge in [0.05, 0.1) is 48.7 Å². The number of fused-ring (bicyclic) bond motifs is 1. The topological polar surface area (TPSA) is 119 Å². The van der Waals surface area contributed by atoms with Gasteiger partial charge in [-0.2, -0.15) is 0 Å². The van der Waals surface area contributed by atoms with Crippen LogP contribution in [0.15, 0.2) is 36.8 Å². The van der Waals surface area contributed by atoms with Crippen molar-refractivity contribution in [2.45, 2.75) is 33.3 Å². The number of hydrogen-bond donors (Lipinski definition) is 1. The summed E-state index contributed by atoms with van der Waals surface area (Å²) in [6, 6.07) is 4.45. The van der Waals surface area contributed by atoms with Crippen LogP contribution in [-0.2, 0) is 13.1 Å². The molecule has 10 nitrogen and oxygen atoms in total. The second-order valence-corrected chi connectivity index (χ2v) is 10.4. The van der Waals surface area contributed by atoms with Gasteiger partial charge in [0.15, 0.2) is 5.13 Å². The highest BCUT2D eigenvalue weighted by Crippen LogP contribution is 2.36. The van der Waals surface area contributed by atoms with Crippen molar-refractivity contribution >= 4 is 39.9 Å². The van der Waals surface area contributed by atoms with Crippen LogP contribution in [0.4, 0.5) is 18.3 Å². The molecule has 1 N–H and O–H groups in total. The van der Waals surface area contributed by atoms with E-state index in [-0.39, 0.29) is 35.1 Å². The number of amides is 2. The van der Waals surface area contributed by atoms with Gasteiger partial charge in [0.1, 0.15) is 22.3 Å². The Kier molecular flexibility index (Phi) is 7.53. The minimum atomic E-state index is -4.86. The molecular formula is C26H20ClF3N6O4S. The molecule has 0 aliphatic carbocycles. The predicted octanol–water partition coefficient (Wildman–Crippen LogP) is 5.58. The summed E-state index contributed by atoms with van der Waals surface area (Å²) in [5.41, 5.74) is 2.90. The average Bonchev–Trinajstić information content (AvgIpc) is 3.46. The molecule has 2 amide bonds. The molecule has 0 saturated carbocycles. The molecule has 0 fully saturated rings. The van der Waals surface area contributed by atoms with E-state index in [4.69, 9.17) is 16.3 Å². The predicted molar refractivity (Wildman–Crippen MR) is 143 cm³/mol. The van der Waals surface area contributed by atoms with E-state index < -0.39 is 23.9 Å². The van der Waals surface area contributed by atoms with Crippen molar-refractivity contribution in [3.63, 3.8) is 0 Å². The maximum Gasteiger partial charge on any atom is 0.573 e. The van der Waals surface area contributed by atoms with Crippen LogP contribution in [0.25, 0.3) is 11.1 Å². The van der Waals surface area contributed by atoms with Crippen LogP contribution >= 0.6 is 22.9 Å². The first-order valence-corrected chi connectivity index (χ1v) is 13.1. The molecule has 0 saturated heterocycles. The Labute approximate surface area is 240 Å². The Balaban J connectivity index is 1.31. The largest absolute Gasteiger partial charge is 0.573 e. The number of anilines is 1. The van der Waals surface area contributed by atoms with Crippen LogP contribution in [0.3, 0.4) is 0 Å². The Bertz CT molecular complexity index is 1660. The minimum Gasteiger partial charge on any atom is -0.494 e. The molecule has 4 aromatic heterocycles. The highest BCUT2D eigenvalue weighted by Gasteiger charge is 2.33. The van der Waals surface area contributed by atoms with Crippen molar-refractivity contribution in [3.05, 3.63) is 75.0 Å². The molecule has 0 atom stereocenters. The number of carbonyl (C=O) groups excluding carboxylic acids is 2. The van der Waals surface area contributed by atoms with Crippen molar-refractivity contribution in [1.29, 1.82) is 0 Å². The summed E-state index contributed by atoms with van der Waals surface area (Å²) in [6.45, 7) is 3.62. The lowest BCUT2D eigenvalue weighted by Gasteiger charge is -2.17. The quantitative estimate of drug-likeness (QED) is 0.283. The number of aromatic nitrogens is 4. The number of rotatable bonds is 6. The standard InChI is InChI=1S/C26H20ClF3N6O4S/c1-12-4-14(40-26(28,29)30)7-33-22(12)24(38)36-10-18-20(11-36)41-25(34-18)35-23(37)17-8-31-13(2)5-15(17)16-6-21(27)32-9-19(16)39-3/h4-9H,10-11H2,1-3H3,(H,34,35,37). The lowest BCUT2D eigenvalue weighted by atomic mass is 10.0. The van der Waals surface area contributed by atoms with E-state index in [0.29, 0.717) is 33.4 Å². The van der Waals surface area contributed by atoms with E-state index in [0.717, 1.165) is 17.1 Å². The molecule has 1 aliphatic rings. The van der Waals surface area contributed by atoms with E-state index in [1.54, 1.807) is 19.1 Å². The van der Waals surface area contributed by atoms with Crippen LogP contribution in [0.1, 0.15) is 42.7 Å². The number of ether oxygens (including phenoxy) is 2. The van der Waals surface area contributed by atoms with Crippen molar-refractivity contribution in [3.8, 4) is 22.6 Å². The summed E-state index contributed by atoms with van der Waals surface area (Å²) in [5.74, 6) is -0.994. The summed E-state index contributed by atoms with van der Waals surface area (Å²) >= 11 is 7.32. The number of methoxy groups -OCH3 is 1. The number of nitrogens with zero attached hydrogens (tertiary/aromatic N) is 5. The van der Waals surface area contributed by atoms with Gasteiger partial charge >= 0.3 is 6.36 Å².